The third-order valence-electron chi connectivity index (χ3n) is 5.03. The first-order valence-corrected chi connectivity index (χ1v) is 11.4. The van der Waals surface area contributed by atoms with Crippen LogP contribution in [0.25, 0.3) is 5.69 Å². The summed E-state index contributed by atoms with van der Waals surface area (Å²) in [6.45, 7) is 0.0416. The molecule has 4 rings (SSSR count). The number of hydrogen-bond donors (Lipinski definition) is 1. The Morgan fingerprint density at radius 3 is 2.54 bits per heavy atom. The Bertz CT molecular complexity index is 1340. The topological polar surface area (TPSA) is 112 Å². The highest BCUT2D eigenvalue weighted by molar-refractivity contribution is 7.98. The largest absolute Gasteiger partial charge is 0.497 e. The number of amides is 1. The van der Waals surface area contributed by atoms with Crippen molar-refractivity contribution >= 4 is 23.4 Å². The van der Waals surface area contributed by atoms with Crippen molar-refractivity contribution in [2.75, 3.05) is 7.11 Å². The number of carbonyl (C=O) groups is 1. The van der Waals surface area contributed by atoms with Crippen molar-refractivity contribution in [1.29, 1.82) is 0 Å². The maximum Gasteiger partial charge on any atom is 0.269 e. The number of benzene rings is 3. The van der Waals surface area contributed by atoms with Crippen LogP contribution in [0.4, 0.5) is 10.1 Å². The molecule has 4 aromatic rings. The van der Waals surface area contributed by atoms with Crippen molar-refractivity contribution in [3.05, 3.63) is 106 Å². The van der Waals surface area contributed by atoms with E-state index in [0.717, 1.165) is 11.3 Å². The van der Waals surface area contributed by atoms with Crippen molar-refractivity contribution in [3.8, 4) is 11.4 Å². The molecule has 0 aliphatic carbocycles. The minimum Gasteiger partial charge on any atom is -0.497 e. The lowest BCUT2D eigenvalue weighted by molar-refractivity contribution is -0.384. The number of methoxy groups -OCH3 is 1. The number of aromatic nitrogens is 3. The van der Waals surface area contributed by atoms with Crippen molar-refractivity contribution in [2.45, 2.75) is 17.5 Å². The summed E-state index contributed by atoms with van der Waals surface area (Å²) in [5.41, 5.74) is 1.89. The first-order valence-electron chi connectivity index (χ1n) is 10.4. The maximum absolute atomic E-state index is 13.2. The molecule has 9 nitrogen and oxygen atoms in total. The molecule has 0 unspecified atom stereocenters. The van der Waals surface area contributed by atoms with Gasteiger partial charge in [-0.1, -0.05) is 23.9 Å². The first-order chi connectivity index (χ1) is 16.9. The van der Waals surface area contributed by atoms with Gasteiger partial charge in [0.2, 0.25) is 0 Å². The molecule has 0 spiro atoms. The van der Waals surface area contributed by atoms with Gasteiger partial charge in [-0.15, -0.1) is 10.2 Å². The fourth-order valence-corrected chi connectivity index (χ4v) is 4.18. The molecule has 35 heavy (non-hydrogen) atoms. The molecule has 0 saturated carbocycles. The average Bonchev–Trinajstić information content (AvgIpc) is 3.29. The van der Waals surface area contributed by atoms with Gasteiger partial charge >= 0.3 is 0 Å². The molecule has 0 saturated heterocycles. The summed E-state index contributed by atoms with van der Waals surface area (Å²) in [7, 11) is 1.60. The third kappa shape index (κ3) is 5.82. The Hall–Kier alpha value is -4.25. The normalized spacial score (nSPS) is 10.7. The fourth-order valence-electron chi connectivity index (χ4n) is 3.26. The molecule has 0 fully saturated rings. The van der Waals surface area contributed by atoms with Crippen LogP contribution >= 0.6 is 11.8 Å². The van der Waals surface area contributed by atoms with Crippen LogP contribution in [-0.4, -0.2) is 32.7 Å². The zero-order valence-corrected chi connectivity index (χ0v) is 19.4. The Balaban J connectivity index is 1.58. The van der Waals surface area contributed by atoms with Gasteiger partial charge < -0.3 is 10.1 Å². The summed E-state index contributed by atoms with van der Waals surface area (Å²) in [6.07, 6.45) is 0. The van der Waals surface area contributed by atoms with Crippen LogP contribution in [0.3, 0.4) is 0 Å². The second-order valence-corrected chi connectivity index (χ2v) is 8.28. The average molecular weight is 494 g/mol. The molecule has 1 amide bonds. The van der Waals surface area contributed by atoms with Crippen molar-refractivity contribution < 1.29 is 18.8 Å². The highest BCUT2D eigenvalue weighted by Crippen LogP contribution is 2.27. The summed E-state index contributed by atoms with van der Waals surface area (Å²) in [4.78, 5) is 23.1. The van der Waals surface area contributed by atoms with Gasteiger partial charge in [-0.05, 0) is 54.1 Å². The minimum absolute atomic E-state index is 0.0416. The molecule has 178 valence electrons. The Morgan fingerprint density at radius 1 is 1.11 bits per heavy atom. The van der Waals surface area contributed by atoms with Crippen molar-refractivity contribution in [3.63, 3.8) is 0 Å². The first kappa shape index (κ1) is 23.9. The minimum atomic E-state index is -0.474. The number of hydrogen-bond acceptors (Lipinski definition) is 7. The van der Waals surface area contributed by atoms with Crippen LogP contribution in [0, 0.1) is 15.9 Å². The molecule has 1 heterocycles. The van der Waals surface area contributed by atoms with Gasteiger partial charge in [0.25, 0.3) is 11.6 Å². The van der Waals surface area contributed by atoms with E-state index in [1.807, 2.05) is 24.3 Å². The monoisotopic (exact) mass is 493 g/mol. The number of nitro benzene ring substituents is 1. The number of nitrogens with one attached hydrogen (secondary N) is 1. The van der Waals surface area contributed by atoms with E-state index >= 15 is 0 Å². The van der Waals surface area contributed by atoms with E-state index in [9.17, 15) is 19.3 Å². The lowest BCUT2D eigenvalue weighted by Gasteiger charge is -2.11. The molecule has 1 aromatic heterocycles. The number of rotatable bonds is 9. The predicted octanol–water partition coefficient (Wildman–Crippen LogP) is 4.55. The van der Waals surface area contributed by atoms with Gasteiger partial charge in [0.1, 0.15) is 11.6 Å². The zero-order chi connectivity index (χ0) is 24.8. The second-order valence-electron chi connectivity index (χ2n) is 7.34. The molecular formula is C24H20FN5O4S. The molecular weight excluding hydrogens is 473 g/mol. The summed E-state index contributed by atoms with van der Waals surface area (Å²) < 4.78 is 20.2. The maximum atomic E-state index is 13.2. The summed E-state index contributed by atoms with van der Waals surface area (Å²) in [5, 5.41) is 22.9. The van der Waals surface area contributed by atoms with Crippen LogP contribution in [0.2, 0.25) is 0 Å². The number of nitrogens with zero attached hydrogens (tertiary/aromatic N) is 4. The standard InChI is InChI=1S/C24H20FN5O4S/c1-34-21-4-2-3-16(13-21)15-35-24-28-27-22(14-26-23(31)17-5-7-18(25)8-6-17)29(24)19-9-11-20(12-10-19)30(32)33/h2-13H,14-15H2,1H3,(H,26,31). The molecule has 1 N–H and O–H groups in total. The van der Waals surface area contributed by atoms with Crippen LogP contribution in [0.5, 0.6) is 5.75 Å². The summed E-state index contributed by atoms with van der Waals surface area (Å²) in [5.74, 6) is 0.919. The van der Waals surface area contributed by atoms with Crippen molar-refractivity contribution in [1.82, 2.24) is 20.1 Å². The quantitative estimate of drug-likeness (QED) is 0.207. The molecule has 0 aliphatic heterocycles. The van der Waals surface area contributed by atoms with Gasteiger partial charge in [-0.25, -0.2) is 4.39 Å². The Kier molecular flexibility index (Phi) is 7.36. The van der Waals surface area contributed by atoms with E-state index in [-0.39, 0.29) is 12.2 Å². The lowest BCUT2D eigenvalue weighted by Crippen LogP contribution is -2.24. The van der Waals surface area contributed by atoms with Crippen LogP contribution in [-0.2, 0) is 12.3 Å². The molecule has 3 aromatic carbocycles. The number of nitro groups is 1. The van der Waals surface area contributed by atoms with E-state index in [1.165, 1.54) is 48.2 Å². The molecule has 11 heteroatoms. The van der Waals surface area contributed by atoms with E-state index in [2.05, 4.69) is 15.5 Å². The summed E-state index contributed by atoms with van der Waals surface area (Å²) >= 11 is 1.42. The fraction of sp³-hybridized carbons (Fsp3) is 0.125. The van der Waals surface area contributed by atoms with Gasteiger partial charge in [-0.3, -0.25) is 19.5 Å². The number of thioether (sulfide) groups is 1. The highest BCUT2D eigenvalue weighted by Gasteiger charge is 2.17. The van der Waals surface area contributed by atoms with Crippen molar-refractivity contribution in [2.24, 2.45) is 0 Å². The van der Waals surface area contributed by atoms with E-state index in [0.29, 0.717) is 28.0 Å². The predicted molar refractivity (Wildman–Crippen MR) is 128 cm³/mol. The Labute approximate surface area is 204 Å². The molecule has 0 radical (unpaired) electrons. The second kappa shape index (κ2) is 10.8. The summed E-state index contributed by atoms with van der Waals surface area (Å²) in [6, 6.07) is 18.8. The zero-order valence-electron chi connectivity index (χ0n) is 18.6. The van der Waals surface area contributed by atoms with Gasteiger partial charge in [0.05, 0.1) is 18.6 Å². The third-order valence-corrected chi connectivity index (χ3v) is 6.03. The smallest absolute Gasteiger partial charge is 0.269 e. The van der Waals surface area contributed by atoms with Gasteiger partial charge in [0, 0.05) is 29.1 Å². The van der Waals surface area contributed by atoms with E-state index in [1.54, 1.807) is 23.8 Å². The van der Waals surface area contributed by atoms with Crippen LogP contribution in [0.1, 0.15) is 21.7 Å². The SMILES string of the molecule is COc1cccc(CSc2nnc(CNC(=O)c3ccc(F)cc3)n2-c2ccc([N+](=O)[O-])cc2)c1. The Morgan fingerprint density at radius 2 is 1.86 bits per heavy atom. The molecule has 0 atom stereocenters. The van der Waals surface area contributed by atoms with Gasteiger partial charge in [-0.2, -0.15) is 0 Å². The van der Waals surface area contributed by atoms with Crippen LogP contribution < -0.4 is 10.1 Å². The number of carbonyl (C=O) groups excluding carboxylic acids is 1. The van der Waals surface area contributed by atoms with E-state index in [4.69, 9.17) is 4.74 Å². The lowest BCUT2D eigenvalue weighted by atomic mass is 10.2. The number of non-ortho nitro benzene ring substituents is 1. The van der Waals surface area contributed by atoms with Gasteiger partial charge in [0.15, 0.2) is 11.0 Å². The van der Waals surface area contributed by atoms with Crippen LogP contribution in [0.15, 0.2) is 78.0 Å². The highest BCUT2D eigenvalue weighted by atomic mass is 32.2. The number of ether oxygens (including phenoxy) is 1. The number of halogens is 1. The van der Waals surface area contributed by atoms with E-state index < -0.39 is 16.6 Å². The molecule has 0 aliphatic rings. The molecule has 0 bridgehead atoms.